The Morgan fingerprint density at radius 1 is 1.14 bits per heavy atom. The number of halogens is 1. The van der Waals surface area contributed by atoms with Gasteiger partial charge in [-0.3, -0.25) is 14.6 Å². The van der Waals surface area contributed by atoms with Crippen LogP contribution in [0, 0.1) is 6.92 Å². The van der Waals surface area contributed by atoms with E-state index in [0.29, 0.717) is 36.4 Å². The van der Waals surface area contributed by atoms with Crippen LogP contribution in [0.2, 0.25) is 0 Å². The molecule has 0 bridgehead atoms. The predicted molar refractivity (Wildman–Crippen MR) is 109 cm³/mol. The van der Waals surface area contributed by atoms with Gasteiger partial charge in [-0.1, -0.05) is 38.4 Å². The lowest BCUT2D eigenvalue weighted by atomic mass is 10.2. The lowest BCUT2D eigenvalue weighted by Crippen LogP contribution is -2.48. The molecule has 1 aliphatic heterocycles. The molecule has 2 aromatic heterocycles. The number of carbonyl (C=O) groups excluding carboxylic acids is 1. The van der Waals surface area contributed by atoms with E-state index in [1.807, 2.05) is 24.3 Å². The Kier molecular flexibility index (Phi) is 6.02. The van der Waals surface area contributed by atoms with Gasteiger partial charge in [0.15, 0.2) is 5.82 Å². The molecule has 1 fully saturated rings. The van der Waals surface area contributed by atoms with Crippen LogP contribution in [0.1, 0.15) is 11.7 Å². The molecule has 0 unspecified atom stereocenters. The number of aromatic nitrogens is 3. The summed E-state index contributed by atoms with van der Waals surface area (Å²) in [5, 5.41) is 10.6. The number of nitrogens with one attached hydrogen (secondary N) is 1. The summed E-state index contributed by atoms with van der Waals surface area (Å²) >= 11 is 3.45. The Bertz CT molecular complexity index is 980. The van der Waals surface area contributed by atoms with Gasteiger partial charge >= 0.3 is 0 Å². The average molecular weight is 461 g/mol. The largest absolute Gasteiger partial charge is 0.360 e. The maximum atomic E-state index is 12.1. The molecule has 1 aromatic carbocycles. The summed E-state index contributed by atoms with van der Waals surface area (Å²) in [6.07, 6.45) is 0. The molecule has 1 aliphatic rings. The predicted octanol–water partition coefficient (Wildman–Crippen LogP) is 2.55. The highest BCUT2D eigenvalue weighted by molar-refractivity contribution is 9.10. The highest BCUT2D eigenvalue weighted by Crippen LogP contribution is 2.20. The number of nitrogens with zero attached hydrogens (tertiary/aromatic N) is 5. The first-order valence-corrected chi connectivity index (χ1v) is 10.1. The minimum Gasteiger partial charge on any atom is -0.360 e. The molecule has 3 heterocycles. The molecule has 0 aliphatic carbocycles. The molecule has 0 saturated carbocycles. The third-order valence-electron chi connectivity index (χ3n) is 4.64. The lowest BCUT2D eigenvalue weighted by Gasteiger charge is -2.33. The number of benzene rings is 1. The van der Waals surface area contributed by atoms with E-state index in [-0.39, 0.29) is 5.91 Å². The van der Waals surface area contributed by atoms with Crippen LogP contribution in [0.3, 0.4) is 0 Å². The van der Waals surface area contributed by atoms with Crippen LogP contribution < -0.4 is 5.32 Å². The van der Waals surface area contributed by atoms with Crippen molar-refractivity contribution in [3.8, 4) is 11.4 Å². The average Bonchev–Trinajstić information content (AvgIpc) is 3.32. The Morgan fingerprint density at radius 2 is 1.93 bits per heavy atom. The van der Waals surface area contributed by atoms with Gasteiger partial charge in [0.25, 0.3) is 0 Å². The van der Waals surface area contributed by atoms with Crippen LogP contribution in [-0.2, 0) is 11.3 Å². The minimum atomic E-state index is -0.0951. The van der Waals surface area contributed by atoms with E-state index in [9.17, 15) is 4.79 Å². The van der Waals surface area contributed by atoms with Gasteiger partial charge in [-0.05, 0) is 19.1 Å². The van der Waals surface area contributed by atoms with Gasteiger partial charge in [-0.2, -0.15) is 4.98 Å². The second-order valence-corrected chi connectivity index (χ2v) is 7.86. The number of piperazine rings is 1. The quantitative estimate of drug-likeness (QED) is 0.598. The van der Waals surface area contributed by atoms with Crippen molar-refractivity contribution in [3.05, 3.63) is 46.5 Å². The number of carbonyl (C=O) groups is 1. The second kappa shape index (κ2) is 8.85. The van der Waals surface area contributed by atoms with Gasteiger partial charge in [-0.15, -0.1) is 0 Å². The summed E-state index contributed by atoms with van der Waals surface area (Å²) < 4.78 is 11.3. The molecule has 3 aromatic rings. The Morgan fingerprint density at radius 3 is 2.66 bits per heavy atom. The number of hydrogen-bond acceptors (Lipinski definition) is 8. The van der Waals surface area contributed by atoms with E-state index < -0.39 is 0 Å². The molecule has 29 heavy (non-hydrogen) atoms. The van der Waals surface area contributed by atoms with Crippen molar-refractivity contribution in [2.24, 2.45) is 0 Å². The monoisotopic (exact) mass is 460 g/mol. The second-order valence-electron chi connectivity index (χ2n) is 6.95. The summed E-state index contributed by atoms with van der Waals surface area (Å²) in [6, 6.07) is 9.50. The molecule has 9 nitrogen and oxygen atoms in total. The first-order chi connectivity index (χ1) is 14.0. The van der Waals surface area contributed by atoms with Crippen molar-refractivity contribution in [2.45, 2.75) is 13.5 Å². The maximum absolute atomic E-state index is 12.1. The van der Waals surface area contributed by atoms with Gasteiger partial charge in [0.1, 0.15) is 5.76 Å². The number of aryl methyl sites for hydroxylation is 1. The normalized spacial score (nSPS) is 15.5. The zero-order valence-electron chi connectivity index (χ0n) is 16.0. The van der Waals surface area contributed by atoms with Gasteiger partial charge in [-0.25, -0.2) is 0 Å². The summed E-state index contributed by atoms with van der Waals surface area (Å²) in [5.74, 6) is 2.19. The third-order valence-corrected chi connectivity index (χ3v) is 5.13. The number of anilines is 1. The van der Waals surface area contributed by atoms with Crippen LogP contribution in [0.25, 0.3) is 11.4 Å². The van der Waals surface area contributed by atoms with E-state index in [1.165, 1.54) is 0 Å². The third kappa shape index (κ3) is 5.28. The summed E-state index contributed by atoms with van der Waals surface area (Å²) in [6.45, 7) is 5.94. The zero-order valence-corrected chi connectivity index (χ0v) is 17.6. The summed E-state index contributed by atoms with van der Waals surface area (Å²) in [7, 11) is 0. The molecular weight excluding hydrogens is 440 g/mol. The van der Waals surface area contributed by atoms with Crippen molar-refractivity contribution in [1.82, 2.24) is 25.1 Å². The fourth-order valence-electron chi connectivity index (χ4n) is 3.17. The van der Waals surface area contributed by atoms with Crippen LogP contribution in [0.4, 0.5) is 5.82 Å². The number of hydrogen-bond donors (Lipinski definition) is 1. The highest BCUT2D eigenvalue weighted by Gasteiger charge is 2.21. The fraction of sp³-hybridized carbons (Fsp3) is 0.368. The fourth-order valence-corrected chi connectivity index (χ4v) is 3.57. The first-order valence-electron chi connectivity index (χ1n) is 9.31. The van der Waals surface area contributed by atoms with E-state index in [1.54, 1.807) is 13.0 Å². The minimum absolute atomic E-state index is 0.0951. The Labute approximate surface area is 176 Å². The summed E-state index contributed by atoms with van der Waals surface area (Å²) in [5.41, 5.74) is 0.910. The van der Waals surface area contributed by atoms with Crippen molar-refractivity contribution < 1.29 is 13.8 Å². The van der Waals surface area contributed by atoms with Crippen molar-refractivity contribution in [3.63, 3.8) is 0 Å². The van der Waals surface area contributed by atoms with E-state index >= 15 is 0 Å². The number of rotatable bonds is 6. The van der Waals surface area contributed by atoms with Crippen LogP contribution in [0.15, 0.2) is 43.9 Å². The van der Waals surface area contributed by atoms with Gasteiger partial charge < -0.3 is 14.4 Å². The van der Waals surface area contributed by atoms with Crippen molar-refractivity contribution in [2.75, 3.05) is 38.0 Å². The molecule has 1 amide bonds. The van der Waals surface area contributed by atoms with Crippen molar-refractivity contribution in [1.29, 1.82) is 0 Å². The van der Waals surface area contributed by atoms with Crippen LogP contribution >= 0.6 is 15.9 Å². The molecular formula is C19H21BrN6O3. The SMILES string of the molecule is Cc1cc(NC(=O)CN2CCN(Cc3nc(-c4cccc(Br)c4)no3)CC2)no1. The van der Waals surface area contributed by atoms with E-state index in [0.717, 1.165) is 36.2 Å². The molecule has 0 spiro atoms. The van der Waals surface area contributed by atoms with Crippen LogP contribution in [0.5, 0.6) is 0 Å². The first kappa shape index (κ1) is 19.7. The highest BCUT2D eigenvalue weighted by atomic mass is 79.9. The molecule has 152 valence electrons. The molecule has 1 saturated heterocycles. The summed E-state index contributed by atoms with van der Waals surface area (Å²) in [4.78, 5) is 21.0. The van der Waals surface area contributed by atoms with Crippen LogP contribution in [-0.4, -0.2) is 63.7 Å². The number of amides is 1. The van der Waals surface area contributed by atoms with Gasteiger partial charge in [0.05, 0.1) is 13.1 Å². The Balaban J connectivity index is 1.24. The molecule has 4 rings (SSSR count). The Hall–Kier alpha value is -2.56. The maximum Gasteiger partial charge on any atom is 0.241 e. The van der Waals surface area contributed by atoms with E-state index in [4.69, 9.17) is 9.05 Å². The van der Waals surface area contributed by atoms with Gasteiger partial charge in [0.2, 0.25) is 17.6 Å². The lowest BCUT2D eigenvalue weighted by molar-refractivity contribution is -0.117. The zero-order chi connectivity index (χ0) is 20.2. The van der Waals surface area contributed by atoms with Gasteiger partial charge in [0, 0.05) is 42.3 Å². The molecule has 1 N–H and O–H groups in total. The molecule has 0 radical (unpaired) electrons. The topological polar surface area (TPSA) is 101 Å². The molecule has 0 atom stereocenters. The smallest absolute Gasteiger partial charge is 0.241 e. The van der Waals surface area contributed by atoms with Crippen molar-refractivity contribution >= 4 is 27.7 Å². The van der Waals surface area contributed by atoms with E-state index in [2.05, 4.69) is 46.3 Å². The molecule has 10 heteroatoms. The standard InChI is InChI=1S/C19H21BrN6O3/c1-13-9-16(23-28-13)21-17(27)11-25-5-7-26(8-6-25)12-18-22-19(24-29-18)14-3-2-4-15(20)10-14/h2-4,9-10H,5-8,11-12H2,1H3,(H,21,23,27).